The summed E-state index contributed by atoms with van der Waals surface area (Å²) in [5.41, 5.74) is 21.6. The number of imide groups is 3. The topological polar surface area (TPSA) is 216 Å². The molecule has 1 saturated carbocycles. The fourth-order valence-corrected chi connectivity index (χ4v) is 9.22. The second kappa shape index (κ2) is 23.4. The minimum absolute atomic E-state index is 0.106. The highest BCUT2D eigenvalue weighted by atomic mass is 16.2. The Labute approximate surface area is 376 Å². The number of likely N-dealkylation sites (N-methyl/N-ethyl adjacent to an activating group) is 1. The van der Waals surface area contributed by atoms with Crippen molar-refractivity contribution >= 4 is 46.3 Å². The molecule has 5 amide bonds. The van der Waals surface area contributed by atoms with Gasteiger partial charge in [-0.25, -0.2) is 4.79 Å². The maximum absolute atomic E-state index is 14.6. The van der Waals surface area contributed by atoms with Gasteiger partial charge in [0.25, 0.3) is 11.8 Å². The summed E-state index contributed by atoms with van der Waals surface area (Å²) in [5, 5.41) is 6.71. The van der Waals surface area contributed by atoms with E-state index in [9.17, 15) is 28.8 Å². The van der Waals surface area contributed by atoms with Gasteiger partial charge in [-0.1, -0.05) is 111 Å². The van der Waals surface area contributed by atoms with Crippen LogP contribution in [0, 0.1) is 12.3 Å². The first kappa shape index (κ1) is 47.9. The molecular weight excluding hydrogens is 809 g/mol. The van der Waals surface area contributed by atoms with Crippen LogP contribution >= 0.6 is 0 Å². The summed E-state index contributed by atoms with van der Waals surface area (Å²) >= 11 is 0. The molecule has 3 aromatic carbocycles. The molecule has 64 heavy (non-hydrogen) atoms. The lowest BCUT2D eigenvalue weighted by Gasteiger charge is -2.29. The number of nitrogens with two attached hydrogens (primary N) is 3. The molecule has 14 heteroatoms. The van der Waals surface area contributed by atoms with Gasteiger partial charge in [-0.2, -0.15) is 4.90 Å². The summed E-state index contributed by atoms with van der Waals surface area (Å²) in [4.78, 5) is 87.1. The Kier molecular flexibility index (Phi) is 17.5. The number of hydrogen-bond acceptors (Lipinski definition) is 10. The Hall–Kier alpha value is -5.54. The van der Waals surface area contributed by atoms with Crippen LogP contribution < -0.4 is 27.8 Å². The maximum Gasteiger partial charge on any atom is 0.342 e. The van der Waals surface area contributed by atoms with E-state index < -0.39 is 48.1 Å². The van der Waals surface area contributed by atoms with Crippen LogP contribution in [0.3, 0.4) is 0 Å². The average Bonchev–Trinajstić information content (AvgIpc) is 3.96. The summed E-state index contributed by atoms with van der Waals surface area (Å²) in [7, 11) is 1.71. The predicted octanol–water partition coefficient (Wildman–Crippen LogP) is 4.58. The largest absolute Gasteiger partial charge is 0.343 e. The lowest BCUT2D eigenvalue weighted by molar-refractivity contribution is -0.143. The third-order valence-corrected chi connectivity index (χ3v) is 12.8. The van der Waals surface area contributed by atoms with E-state index in [0.717, 1.165) is 43.2 Å². The minimum Gasteiger partial charge on any atom is -0.343 e. The van der Waals surface area contributed by atoms with Crippen LogP contribution in [0.4, 0.5) is 4.79 Å². The summed E-state index contributed by atoms with van der Waals surface area (Å²) in [6, 6.07) is 20.6. The SMILES string of the molecule is CN[C@@H](Cc1ccccc1)C(=O)N[C@@H](CCCCN)C(=O)N1CCC[C@H]1C(=O)[CH]Cc1cn(C(=O)N(C(=O)[C@H](N)CC2CCCCC2)C(=O)[C@@H](N)Cc2ccccc2)c2ccccc12. The third-order valence-electron chi connectivity index (χ3n) is 12.8. The number of likely N-dealkylation sites (tertiary alicyclic amines) is 1. The molecular formula is C50H65N8O6. The summed E-state index contributed by atoms with van der Waals surface area (Å²) < 4.78 is 1.26. The molecule has 0 bridgehead atoms. The van der Waals surface area contributed by atoms with Gasteiger partial charge in [0.2, 0.25) is 11.8 Å². The Bertz CT molecular complexity index is 2210. The number of Topliss-reactive ketones (excluding diaryl/α,β-unsaturated/α-hetero) is 1. The molecule has 4 aromatic rings. The van der Waals surface area contributed by atoms with Crippen molar-refractivity contribution in [3.63, 3.8) is 0 Å². The van der Waals surface area contributed by atoms with Gasteiger partial charge in [0, 0.05) is 24.5 Å². The van der Waals surface area contributed by atoms with E-state index in [-0.39, 0.29) is 36.4 Å². The van der Waals surface area contributed by atoms with Crippen molar-refractivity contribution in [2.75, 3.05) is 20.1 Å². The van der Waals surface area contributed by atoms with Crippen LogP contribution in [0.25, 0.3) is 10.9 Å². The molecule has 2 fully saturated rings. The second-order valence-corrected chi connectivity index (χ2v) is 17.4. The van der Waals surface area contributed by atoms with E-state index in [1.165, 1.54) is 11.0 Å². The number of carbonyl (C=O) groups is 6. The number of aromatic nitrogens is 1. The Morgan fingerprint density at radius 1 is 0.766 bits per heavy atom. The molecule has 5 atom stereocenters. The smallest absolute Gasteiger partial charge is 0.342 e. The van der Waals surface area contributed by atoms with Crippen molar-refractivity contribution in [3.8, 4) is 0 Å². The summed E-state index contributed by atoms with van der Waals surface area (Å²) in [5.74, 6) is -2.30. The van der Waals surface area contributed by atoms with Gasteiger partial charge in [-0.3, -0.25) is 28.5 Å². The lowest BCUT2D eigenvalue weighted by atomic mass is 9.84. The fourth-order valence-electron chi connectivity index (χ4n) is 9.22. The molecule has 8 N–H and O–H groups in total. The molecule has 0 unspecified atom stereocenters. The normalized spacial score (nSPS) is 17.4. The maximum atomic E-state index is 14.6. The number of para-hydroxylation sites is 1. The van der Waals surface area contributed by atoms with E-state index in [4.69, 9.17) is 17.2 Å². The first-order valence-corrected chi connectivity index (χ1v) is 23.0. The van der Waals surface area contributed by atoms with Gasteiger partial charge in [0.1, 0.15) is 6.04 Å². The van der Waals surface area contributed by atoms with Gasteiger partial charge in [-0.05, 0) is 100 Å². The van der Waals surface area contributed by atoms with Gasteiger partial charge in [-0.15, -0.1) is 0 Å². The Morgan fingerprint density at radius 2 is 1.41 bits per heavy atom. The molecule has 14 nitrogen and oxygen atoms in total. The zero-order valence-electron chi connectivity index (χ0n) is 37.0. The van der Waals surface area contributed by atoms with Crippen LogP contribution in [0.1, 0.15) is 87.3 Å². The van der Waals surface area contributed by atoms with Crippen molar-refractivity contribution in [2.45, 2.75) is 120 Å². The van der Waals surface area contributed by atoms with Crippen LogP contribution in [-0.4, -0.2) is 100 Å². The molecule has 6 rings (SSSR count). The number of benzene rings is 3. The van der Waals surface area contributed by atoms with Crippen LogP contribution in [-0.2, 0) is 43.2 Å². The molecule has 2 aliphatic rings. The Morgan fingerprint density at radius 3 is 2.08 bits per heavy atom. The predicted molar refractivity (Wildman–Crippen MR) is 247 cm³/mol. The number of nitrogens with zero attached hydrogens (tertiary/aromatic N) is 3. The molecule has 1 aliphatic carbocycles. The number of nitrogens with one attached hydrogen (secondary N) is 2. The Balaban J connectivity index is 1.19. The van der Waals surface area contributed by atoms with Crippen molar-refractivity contribution < 1.29 is 28.8 Å². The van der Waals surface area contributed by atoms with Crippen molar-refractivity contribution in [1.29, 1.82) is 0 Å². The monoisotopic (exact) mass is 874 g/mol. The summed E-state index contributed by atoms with van der Waals surface area (Å²) in [6.07, 6.45) is 11.9. The zero-order valence-corrected chi connectivity index (χ0v) is 37.0. The highest BCUT2D eigenvalue weighted by Gasteiger charge is 2.40. The van der Waals surface area contributed by atoms with E-state index in [0.29, 0.717) is 79.4 Å². The highest BCUT2D eigenvalue weighted by molar-refractivity contribution is 6.15. The first-order valence-electron chi connectivity index (χ1n) is 23.0. The van der Waals surface area contributed by atoms with Crippen molar-refractivity contribution in [1.82, 2.24) is 25.0 Å². The second-order valence-electron chi connectivity index (χ2n) is 17.4. The quantitative estimate of drug-likeness (QED) is 0.0780. The molecule has 1 aromatic heterocycles. The number of hydrogen-bond donors (Lipinski definition) is 5. The van der Waals surface area contributed by atoms with Crippen molar-refractivity contribution in [3.05, 3.63) is 114 Å². The number of fused-ring (bicyclic) bond motifs is 1. The van der Waals surface area contributed by atoms with Crippen molar-refractivity contribution in [2.24, 2.45) is 23.1 Å². The van der Waals surface area contributed by atoms with E-state index in [1.807, 2.05) is 66.7 Å². The standard InChI is InChI=1S/C50H65N8O6/c1-54-42(32-36-20-9-4-10-21-36)46(60)55-41(23-13-14-28-51)49(63)56-29-15-25-44(56)45(59)27-26-37-33-57(43-24-12-11-22-38(37)43)50(64)58(47(61)39(52)30-34-16-5-2-6-17-34)48(62)40(53)31-35-18-7-3-8-19-35/h2,4-6,9-12,16-17,20-22,24,27,33,35,39-42,44,54H,3,7-8,13-15,18-19,23,25-26,28-32,51-53H2,1H3,(H,55,60)/t39-,40+,41-,42-,44-/m0/s1. The molecule has 1 saturated heterocycles. The van der Waals surface area contributed by atoms with Crippen LogP contribution in [0.2, 0.25) is 0 Å². The molecule has 2 heterocycles. The van der Waals surface area contributed by atoms with Gasteiger partial charge in [0.15, 0.2) is 5.78 Å². The molecule has 0 spiro atoms. The number of carbonyl (C=O) groups excluding carboxylic acids is 6. The lowest BCUT2D eigenvalue weighted by Crippen LogP contribution is -2.56. The minimum atomic E-state index is -1.20. The van der Waals surface area contributed by atoms with Crippen LogP contribution in [0.15, 0.2) is 91.1 Å². The number of rotatable bonds is 20. The first-order chi connectivity index (χ1) is 31.0. The molecule has 1 aliphatic heterocycles. The van der Waals surface area contributed by atoms with E-state index >= 15 is 0 Å². The number of ketones is 1. The third kappa shape index (κ3) is 12.2. The average molecular weight is 874 g/mol. The summed E-state index contributed by atoms with van der Waals surface area (Å²) in [6.45, 7) is 0.816. The van der Waals surface area contributed by atoms with Gasteiger partial charge >= 0.3 is 6.03 Å². The van der Waals surface area contributed by atoms with Gasteiger partial charge in [0.05, 0.1) is 29.7 Å². The number of amides is 5. The van der Waals surface area contributed by atoms with E-state index in [2.05, 4.69) is 10.6 Å². The zero-order chi connectivity index (χ0) is 45.6. The molecule has 341 valence electrons. The highest BCUT2D eigenvalue weighted by Crippen LogP contribution is 2.29. The van der Waals surface area contributed by atoms with E-state index in [1.54, 1.807) is 36.3 Å². The number of unbranched alkanes of at least 4 members (excludes halogenated alkanes) is 1. The van der Waals surface area contributed by atoms with Gasteiger partial charge < -0.3 is 32.7 Å². The fraction of sp³-hybridized carbons (Fsp3) is 0.460. The molecule has 1 radical (unpaired) electrons. The van der Waals surface area contributed by atoms with Crippen LogP contribution in [0.5, 0.6) is 0 Å².